The number of carbonyl (C=O) groups excluding carboxylic acids is 2. The van der Waals surface area contributed by atoms with E-state index in [4.69, 9.17) is 0 Å². The number of benzene rings is 1. The van der Waals surface area contributed by atoms with Crippen LogP contribution >= 0.6 is 0 Å². The average molecular weight is 389 g/mol. The van der Waals surface area contributed by atoms with E-state index in [1.807, 2.05) is 13.0 Å². The van der Waals surface area contributed by atoms with Crippen LogP contribution in [0.5, 0.6) is 0 Å². The van der Waals surface area contributed by atoms with Gasteiger partial charge in [0.1, 0.15) is 5.78 Å². The number of hydrogen-bond donors (Lipinski definition) is 0. The number of ketones is 2. The monoisotopic (exact) mass is 388 g/mol. The Morgan fingerprint density at radius 2 is 1.79 bits per heavy atom. The summed E-state index contributed by atoms with van der Waals surface area (Å²) in [5.74, 6) is 2.45. The van der Waals surface area contributed by atoms with Crippen molar-refractivity contribution in [2.45, 2.75) is 71.6 Å². The van der Waals surface area contributed by atoms with Crippen molar-refractivity contribution in [3.8, 4) is 0 Å². The number of carbonyl (C=O) groups is 2. The molecule has 2 heteroatoms. The Balaban J connectivity index is 1.67. The molecule has 0 aromatic heterocycles. The summed E-state index contributed by atoms with van der Waals surface area (Å²) in [5.41, 5.74) is 7.23. The lowest BCUT2D eigenvalue weighted by atomic mass is 9.51. The molecule has 2 nitrogen and oxygen atoms in total. The highest BCUT2D eigenvalue weighted by Crippen LogP contribution is 2.65. The molecule has 2 saturated carbocycles. The zero-order chi connectivity index (χ0) is 20.3. The average Bonchev–Trinajstić information content (AvgIpc) is 3.04. The maximum atomic E-state index is 12.6. The molecule has 2 unspecified atom stereocenters. The molecule has 5 atom stereocenters. The third kappa shape index (κ3) is 2.90. The molecule has 0 N–H and O–H groups in total. The first-order chi connectivity index (χ1) is 13.9. The number of Topliss-reactive ketones (excluding diaryl/α,β-unsaturated/α-hetero) is 1. The van der Waals surface area contributed by atoms with Crippen LogP contribution in [0.15, 0.2) is 47.1 Å². The Bertz CT molecular complexity index is 932. The molecule has 0 radical (unpaired) electrons. The van der Waals surface area contributed by atoms with Crippen LogP contribution in [-0.2, 0) is 9.59 Å². The van der Waals surface area contributed by atoms with Crippen LogP contribution in [0.2, 0.25) is 0 Å². The summed E-state index contributed by atoms with van der Waals surface area (Å²) in [6.45, 7) is 6.36. The summed E-state index contributed by atoms with van der Waals surface area (Å²) < 4.78 is 0. The molecule has 0 heterocycles. The van der Waals surface area contributed by atoms with Gasteiger partial charge in [0.2, 0.25) is 0 Å². The van der Waals surface area contributed by atoms with Gasteiger partial charge in [0.15, 0.2) is 5.78 Å². The predicted octanol–water partition coefficient (Wildman–Crippen LogP) is 6.10. The van der Waals surface area contributed by atoms with Gasteiger partial charge in [0, 0.05) is 18.3 Å². The van der Waals surface area contributed by atoms with Crippen LogP contribution in [-0.4, -0.2) is 11.6 Å². The van der Waals surface area contributed by atoms with Crippen LogP contribution in [0.25, 0.3) is 0 Å². The largest absolute Gasteiger partial charge is 0.300 e. The molecule has 1 aromatic rings. The van der Waals surface area contributed by atoms with Crippen molar-refractivity contribution in [2.24, 2.45) is 23.2 Å². The lowest BCUT2D eigenvalue weighted by molar-refractivity contribution is -0.125. The fourth-order valence-electron chi connectivity index (χ4n) is 7.42. The summed E-state index contributed by atoms with van der Waals surface area (Å²) in [7, 11) is 0. The lowest BCUT2D eigenvalue weighted by Gasteiger charge is -2.52. The molecule has 152 valence electrons. The van der Waals surface area contributed by atoms with Gasteiger partial charge in [0.05, 0.1) is 0 Å². The first-order valence-corrected chi connectivity index (χ1v) is 11.4. The molecular formula is C27H32O2. The molecule has 1 aromatic carbocycles. The first kappa shape index (κ1) is 19.0. The Labute approximate surface area is 174 Å². The van der Waals surface area contributed by atoms with Gasteiger partial charge < -0.3 is 0 Å². The Kier molecular flexibility index (Phi) is 4.46. The number of rotatable bonds is 2. The number of aryl methyl sites for hydroxylation is 1. The van der Waals surface area contributed by atoms with Crippen LogP contribution in [0, 0.1) is 30.1 Å². The van der Waals surface area contributed by atoms with Crippen molar-refractivity contribution in [2.75, 3.05) is 0 Å². The third-order valence-corrected chi connectivity index (χ3v) is 8.70. The van der Waals surface area contributed by atoms with Crippen LogP contribution < -0.4 is 0 Å². The summed E-state index contributed by atoms with van der Waals surface area (Å²) in [6, 6.07) is 9.06. The molecule has 4 aliphatic rings. The number of hydrogen-bond acceptors (Lipinski definition) is 2. The maximum absolute atomic E-state index is 12.6. The lowest BCUT2D eigenvalue weighted by Crippen LogP contribution is -2.44. The molecule has 4 aliphatic carbocycles. The van der Waals surface area contributed by atoms with Crippen molar-refractivity contribution in [3.63, 3.8) is 0 Å². The van der Waals surface area contributed by atoms with Gasteiger partial charge in [-0.05, 0) is 92.4 Å². The Morgan fingerprint density at radius 3 is 2.52 bits per heavy atom. The zero-order valence-electron chi connectivity index (χ0n) is 18.0. The number of allylic oxidation sites excluding steroid dienone is 4. The van der Waals surface area contributed by atoms with E-state index in [0.717, 1.165) is 32.1 Å². The standard InChI is InChI=1S/C27H32O2/c1-16-4-6-18(7-5-16)23-15-27(3)24(17(2)28)12-13-25(27)22-10-8-19-14-20(29)9-11-21(19)26(22)23/h4-7,14,22-25H,8-13,15H2,1-3H3/t22?,23-,24-,25?,27-/m1/s1. The van der Waals surface area contributed by atoms with Crippen molar-refractivity contribution < 1.29 is 9.59 Å². The van der Waals surface area contributed by atoms with E-state index in [0.29, 0.717) is 35.7 Å². The van der Waals surface area contributed by atoms with E-state index >= 15 is 0 Å². The van der Waals surface area contributed by atoms with Gasteiger partial charge >= 0.3 is 0 Å². The van der Waals surface area contributed by atoms with Crippen molar-refractivity contribution in [3.05, 3.63) is 58.2 Å². The maximum Gasteiger partial charge on any atom is 0.156 e. The van der Waals surface area contributed by atoms with Gasteiger partial charge in [-0.2, -0.15) is 0 Å². The van der Waals surface area contributed by atoms with E-state index in [1.54, 1.807) is 5.57 Å². The summed E-state index contributed by atoms with van der Waals surface area (Å²) in [5, 5.41) is 0. The normalized spacial score (nSPS) is 36.2. The minimum Gasteiger partial charge on any atom is -0.300 e. The van der Waals surface area contributed by atoms with Crippen molar-refractivity contribution in [1.82, 2.24) is 0 Å². The topological polar surface area (TPSA) is 34.1 Å². The smallest absolute Gasteiger partial charge is 0.156 e. The summed E-state index contributed by atoms with van der Waals surface area (Å²) in [4.78, 5) is 24.6. The SMILES string of the molecule is CC(=O)[C@H]1CCC2C3CCC4=CC(=O)CCC4=C3[C@@H](c3ccc(C)cc3)C[C@@]21C. The van der Waals surface area contributed by atoms with Crippen molar-refractivity contribution >= 4 is 11.6 Å². The molecule has 2 fully saturated rings. The first-order valence-electron chi connectivity index (χ1n) is 11.4. The molecule has 0 spiro atoms. The summed E-state index contributed by atoms with van der Waals surface area (Å²) >= 11 is 0. The molecule has 0 amide bonds. The molecule has 0 aliphatic heterocycles. The predicted molar refractivity (Wildman–Crippen MR) is 116 cm³/mol. The second kappa shape index (κ2) is 6.79. The molecule has 29 heavy (non-hydrogen) atoms. The quantitative estimate of drug-likeness (QED) is 0.613. The highest BCUT2D eigenvalue weighted by atomic mass is 16.1. The number of fused-ring (bicyclic) bond motifs is 4. The van der Waals surface area contributed by atoms with Gasteiger partial charge in [-0.1, -0.05) is 42.3 Å². The van der Waals surface area contributed by atoms with Crippen LogP contribution in [0.1, 0.15) is 75.8 Å². The van der Waals surface area contributed by atoms with Gasteiger partial charge in [-0.3, -0.25) is 9.59 Å². The van der Waals surface area contributed by atoms with E-state index in [1.165, 1.54) is 28.7 Å². The third-order valence-electron chi connectivity index (χ3n) is 8.70. The van der Waals surface area contributed by atoms with E-state index in [-0.39, 0.29) is 11.3 Å². The van der Waals surface area contributed by atoms with E-state index < -0.39 is 0 Å². The molecule has 5 rings (SSSR count). The molecular weight excluding hydrogens is 356 g/mol. The highest BCUT2D eigenvalue weighted by Gasteiger charge is 2.57. The van der Waals surface area contributed by atoms with Crippen molar-refractivity contribution in [1.29, 1.82) is 0 Å². The van der Waals surface area contributed by atoms with Gasteiger partial charge in [0.25, 0.3) is 0 Å². The van der Waals surface area contributed by atoms with E-state index in [2.05, 4.69) is 38.1 Å². The minimum absolute atomic E-state index is 0.0990. The molecule has 0 saturated heterocycles. The fourth-order valence-corrected chi connectivity index (χ4v) is 7.42. The Morgan fingerprint density at radius 1 is 1.03 bits per heavy atom. The zero-order valence-corrected chi connectivity index (χ0v) is 18.0. The second-order valence-electron chi connectivity index (χ2n) is 10.2. The van der Waals surface area contributed by atoms with E-state index in [9.17, 15) is 9.59 Å². The van der Waals surface area contributed by atoms with Crippen LogP contribution in [0.3, 0.4) is 0 Å². The van der Waals surface area contributed by atoms with Gasteiger partial charge in [-0.15, -0.1) is 0 Å². The second-order valence-corrected chi connectivity index (χ2v) is 10.2. The minimum atomic E-state index is 0.0990. The molecule has 0 bridgehead atoms. The van der Waals surface area contributed by atoms with Gasteiger partial charge in [-0.25, -0.2) is 0 Å². The van der Waals surface area contributed by atoms with Crippen LogP contribution in [0.4, 0.5) is 0 Å². The fraction of sp³-hybridized carbons (Fsp3) is 0.556. The Hall–Kier alpha value is -1.96. The summed E-state index contributed by atoms with van der Waals surface area (Å²) in [6.07, 6.45) is 9.00. The highest BCUT2D eigenvalue weighted by molar-refractivity contribution is 5.93.